The Morgan fingerprint density at radius 2 is 1.47 bits per heavy atom. The van der Waals surface area contributed by atoms with Gasteiger partial charge in [0, 0.05) is 36.9 Å². The first kappa shape index (κ1) is 24.1. The van der Waals surface area contributed by atoms with Gasteiger partial charge in [-0.2, -0.15) is 0 Å². The van der Waals surface area contributed by atoms with Gasteiger partial charge in [-0.15, -0.1) is 0 Å². The van der Waals surface area contributed by atoms with Gasteiger partial charge in [0.25, 0.3) is 10.0 Å². The van der Waals surface area contributed by atoms with Crippen molar-refractivity contribution in [1.82, 2.24) is 4.90 Å². The average Bonchev–Trinajstić information content (AvgIpc) is 2.83. The van der Waals surface area contributed by atoms with Gasteiger partial charge >= 0.3 is 0 Å². The van der Waals surface area contributed by atoms with Crippen LogP contribution in [0.5, 0.6) is 0 Å². The zero-order valence-corrected chi connectivity index (χ0v) is 20.9. The maximum Gasteiger partial charge on any atom is 0.264 e. The van der Waals surface area contributed by atoms with Gasteiger partial charge in [0.15, 0.2) is 0 Å². The van der Waals surface area contributed by atoms with Crippen LogP contribution in [0.3, 0.4) is 0 Å². The fourth-order valence-electron chi connectivity index (χ4n) is 3.97. The van der Waals surface area contributed by atoms with Gasteiger partial charge in [-0.05, 0) is 56.3 Å². The number of anilines is 2. The molecule has 4 rings (SSSR count). The molecule has 1 fully saturated rings. The van der Waals surface area contributed by atoms with Crippen molar-refractivity contribution in [2.24, 2.45) is 0 Å². The molecule has 0 bridgehead atoms. The summed E-state index contributed by atoms with van der Waals surface area (Å²) in [6, 6.07) is 21.5. The number of piperazine rings is 1. The Hall–Kier alpha value is -3.03. The maximum atomic E-state index is 13.6. The number of amides is 1. The highest BCUT2D eigenvalue weighted by Gasteiger charge is 2.30. The fraction of sp³-hybridized carbons (Fsp3) is 0.269. The molecule has 1 aliphatic heterocycles. The van der Waals surface area contributed by atoms with Gasteiger partial charge in [0.05, 0.1) is 10.6 Å². The Kier molecular flexibility index (Phi) is 7.14. The maximum absolute atomic E-state index is 13.6. The number of hydrogen-bond acceptors (Lipinski definition) is 4. The molecule has 0 saturated carbocycles. The topological polar surface area (TPSA) is 60.9 Å². The predicted molar refractivity (Wildman–Crippen MR) is 137 cm³/mol. The molecule has 6 nitrogen and oxygen atoms in total. The number of sulfonamides is 1. The lowest BCUT2D eigenvalue weighted by Gasteiger charge is -2.37. The van der Waals surface area contributed by atoms with Crippen molar-refractivity contribution in [3.8, 4) is 0 Å². The van der Waals surface area contributed by atoms with Crippen LogP contribution in [0.2, 0.25) is 5.02 Å². The number of rotatable bonds is 6. The molecular weight excluding hydrogens is 470 g/mol. The number of nitrogens with zero attached hydrogens (tertiary/aromatic N) is 3. The van der Waals surface area contributed by atoms with E-state index in [9.17, 15) is 13.2 Å². The largest absolute Gasteiger partial charge is 0.368 e. The number of halogens is 1. The van der Waals surface area contributed by atoms with E-state index in [1.165, 1.54) is 4.31 Å². The molecule has 0 unspecified atom stereocenters. The van der Waals surface area contributed by atoms with Crippen LogP contribution in [0.4, 0.5) is 11.4 Å². The summed E-state index contributed by atoms with van der Waals surface area (Å²) >= 11 is 6.12. The van der Waals surface area contributed by atoms with E-state index in [0.717, 1.165) is 16.8 Å². The minimum Gasteiger partial charge on any atom is -0.368 e. The van der Waals surface area contributed by atoms with Crippen LogP contribution in [0.25, 0.3) is 0 Å². The van der Waals surface area contributed by atoms with E-state index in [1.54, 1.807) is 41.3 Å². The standard InChI is InChI=1S/C26H28ClN3O3S/c1-20-6-10-23(11-7-20)30(34(32,33)25-12-8-21(2)9-13-25)19-26(31)29-16-14-28(15-17-29)24-5-3-4-22(27)18-24/h3-13,18H,14-17,19H2,1-2H3. The van der Waals surface area contributed by atoms with Crippen molar-refractivity contribution in [3.05, 3.63) is 88.9 Å². The van der Waals surface area contributed by atoms with E-state index >= 15 is 0 Å². The normalized spacial score (nSPS) is 14.2. The van der Waals surface area contributed by atoms with Crippen LogP contribution >= 0.6 is 11.6 Å². The fourth-order valence-corrected chi connectivity index (χ4v) is 5.57. The minimum absolute atomic E-state index is 0.164. The third-order valence-electron chi connectivity index (χ3n) is 6.02. The molecule has 0 spiro atoms. The number of aryl methyl sites for hydroxylation is 2. The average molecular weight is 498 g/mol. The molecule has 0 aliphatic carbocycles. The molecule has 3 aromatic carbocycles. The second-order valence-corrected chi connectivity index (χ2v) is 10.8. The summed E-state index contributed by atoms with van der Waals surface area (Å²) in [4.78, 5) is 17.3. The van der Waals surface area contributed by atoms with Gasteiger partial charge in [0.2, 0.25) is 5.91 Å². The predicted octanol–water partition coefficient (Wildman–Crippen LogP) is 4.50. The first-order valence-electron chi connectivity index (χ1n) is 11.2. The van der Waals surface area contributed by atoms with Crippen molar-refractivity contribution < 1.29 is 13.2 Å². The van der Waals surface area contributed by atoms with Gasteiger partial charge in [-0.1, -0.05) is 53.1 Å². The van der Waals surface area contributed by atoms with Crippen molar-refractivity contribution in [2.75, 3.05) is 41.9 Å². The Morgan fingerprint density at radius 1 is 0.882 bits per heavy atom. The number of benzene rings is 3. The van der Waals surface area contributed by atoms with Crippen molar-refractivity contribution in [2.45, 2.75) is 18.7 Å². The van der Waals surface area contributed by atoms with Crippen LogP contribution < -0.4 is 9.21 Å². The molecule has 1 amide bonds. The molecule has 178 valence electrons. The SMILES string of the molecule is Cc1ccc(N(CC(=O)N2CCN(c3cccc(Cl)c3)CC2)S(=O)(=O)c2ccc(C)cc2)cc1. The highest BCUT2D eigenvalue weighted by molar-refractivity contribution is 7.92. The van der Waals surface area contributed by atoms with Crippen molar-refractivity contribution >= 4 is 38.9 Å². The molecule has 0 aromatic heterocycles. The van der Waals surface area contributed by atoms with Crippen LogP contribution in [0, 0.1) is 13.8 Å². The van der Waals surface area contributed by atoms with Gasteiger partial charge in [0.1, 0.15) is 6.54 Å². The van der Waals surface area contributed by atoms with E-state index in [2.05, 4.69) is 4.90 Å². The lowest BCUT2D eigenvalue weighted by molar-refractivity contribution is -0.129. The van der Waals surface area contributed by atoms with E-state index < -0.39 is 10.0 Å². The summed E-state index contributed by atoms with van der Waals surface area (Å²) in [5.41, 5.74) is 3.47. The molecule has 1 aliphatic rings. The van der Waals surface area contributed by atoms with Crippen molar-refractivity contribution in [1.29, 1.82) is 0 Å². The highest BCUT2D eigenvalue weighted by atomic mass is 35.5. The zero-order valence-electron chi connectivity index (χ0n) is 19.3. The molecule has 1 saturated heterocycles. The number of carbonyl (C=O) groups excluding carboxylic acids is 1. The second-order valence-electron chi connectivity index (χ2n) is 8.51. The summed E-state index contributed by atoms with van der Waals surface area (Å²) in [6.07, 6.45) is 0. The summed E-state index contributed by atoms with van der Waals surface area (Å²) < 4.78 is 28.3. The van der Waals surface area contributed by atoms with Crippen LogP contribution in [0.15, 0.2) is 77.7 Å². The molecule has 8 heteroatoms. The quantitative estimate of drug-likeness (QED) is 0.503. The molecule has 0 atom stereocenters. The zero-order chi connectivity index (χ0) is 24.3. The number of carbonyl (C=O) groups is 1. The Balaban J connectivity index is 1.53. The molecule has 3 aromatic rings. The van der Waals surface area contributed by atoms with Gasteiger partial charge in [-0.25, -0.2) is 8.42 Å². The summed E-state index contributed by atoms with van der Waals surface area (Å²) in [5.74, 6) is -0.220. The van der Waals surface area contributed by atoms with Crippen LogP contribution in [-0.2, 0) is 14.8 Å². The summed E-state index contributed by atoms with van der Waals surface area (Å²) in [7, 11) is -3.92. The Morgan fingerprint density at radius 3 is 2.06 bits per heavy atom. The molecular formula is C26H28ClN3O3S. The lowest BCUT2D eigenvalue weighted by Crippen LogP contribution is -2.52. The van der Waals surface area contributed by atoms with Crippen LogP contribution in [0.1, 0.15) is 11.1 Å². The molecule has 0 radical (unpaired) electrons. The number of hydrogen-bond donors (Lipinski definition) is 0. The van der Waals surface area contributed by atoms with E-state index in [1.807, 2.05) is 50.2 Å². The Labute approximate surface area is 206 Å². The third-order valence-corrected chi connectivity index (χ3v) is 8.04. The molecule has 1 heterocycles. The first-order valence-corrected chi connectivity index (χ1v) is 13.0. The minimum atomic E-state index is -3.92. The monoisotopic (exact) mass is 497 g/mol. The Bertz CT molecular complexity index is 1250. The van der Waals surface area contributed by atoms with E-state index in [0.29, 0.717) is 36.9 Å². The van der Waals surface area contributed by atoms with Crippen molar-refractivity contribution in [3.63, 3.8) is 0 Å². The third kappa shape index (κ3) is 5.37. The van der Waals surface area contributed by atoms with E-state index in [4.69, 9.17) is 11.6 Å². The van der Waals surface area contributed by atoms with Gasteiger partial charge < -0.3 is 9.80 Å². The molecule has 34 heavy (non-hydrogen) atoms. The smallest absolute Gasteiger partial charge is 0.264 e. The summed E-state index contributed by atoms with van der Waals surface area (Å²) in [5, 5.41) is 0.672. The van der Waals surface area contributed by atoms with Gasteiger partial charge in [-0.3, -0.25) is 9.10 Å². The van der Waals surface area contributed by atoms with E-state index in [-0.39, 0.29) is 17.3 Å². The second kappa shape index (κ2) is 10.1. The lowest BCUT2D eigenvalue weighted by atomic mass is 10.2. The first-order chi connectivity index (χ1) is 16.2. The highest BCUT2D eigenvalue weighted by Crippen LogP contribution is 2.25. The summed E-state index contributed by atoms with van der Waals surface area (Å²) in [6.45, 7) is 5.92. The van der Waals surface area contributed by atoms with Crippen LogP contribution in [-0.4, -0.2) is 51.9 Å². The molecule has 0 N–H and O–H groups in total.